The molecule has 1 aromatic heterocycles. The summed E-state index contributed by atoms with van der Waals surface area (Å²) >= 11 is 0. The van der Waals surface area contributed by atoms with Gasteiger partial charge in [0.25, 0.3) is 10.2 Å². The quantitative estimate of drug-likeness (QED) is 0.610. The van der Waals surface area contributed by atoms with Gasteiger partial charge in [0.15, 0.2) is 0 Å². The number of aromatic nitrogens is 2. The topological polar surface area (TPSA) is 102 Å². The Labute approximate surface area is 144 Å². The maximum atomic E-state index is 11.9. The number of aliphatic hydroxyl groups excluding tert-OH is 1. The van der Waals surface area contributed by atoms with E-state index in [1.807, 2.05) is 6.20 Å². The minimum absolute atomic E-state index is 0.434. The van der Waals surface area contributed by atoms with E-state index in [9.17, 15) is 13.5 Å². The van der Waals surface area contributed by atoms with E-state index in [0.717, 1.165) is 41.6 Å². The van der Waals surface area contributed by atoms with Gasteiger partial charge in [-0.05, 0) is 12.8 Å². The van der Waals surface area contributed by atoms with Crippen molar-refractivity contribution >= 4 is 10.2 Å². The van der Waals surface area contributed by atoms with E-state index in [1.165, 1.54) is 14.1 Å². The fourth-order valence-electron chi connectivity index (χ4n) is 2.77. The van der Waals surface area contributed by atoms with Crippen molar-refractivity contribution in [2.45, 2.75) is 51.3 Å². The minimum Gasteiger partial charge on any atom is -0.390 e. The first kappa shape index (κ1) is 19.3. The molecule has 0 amide bonds. The molecule has 1 aromatic rings. The molecule has 2 rings (SSSR count). The molecule has 2 atom stereocenters. The second-order valence-electron chi connectivity index (χ2n) is 6.56. The van der Waals surface area contributed by atoms with Gasteiger partial charge in [0, 0.05) is 52.0 Å². The molecular weight excluding hydrogens is 330 g/mol. The molecule has 2 heterocycles. The third-order valence-electron chi connectivity index (χ3n) is 4.29. The molecule has 0 aliphatic carbocycles. The summed E-state index contributed by atoms with van der Waals surface area (Å²) in [7, 11) is -0.583. The predicted octanol–water partition coefficient (Wildman–Crippen LogP) is 0.0835. The van der Waals surface area contributed by atoms with Gasteiger partial charge in [0.05, 0.1) is 12.1 Å². The van der Waals surface area contributed by atoms with Gasteiger partial charge in [0.2, 0.25) is 0 Å². The molecular formula is C15H29N5O3S. The molecule has 1 aliphatic heterocycles. The van der Waals surface area contributed by atoms with Crippen LogP contribution in [0.5, 0.6) is 0 Å². The van der Waals surface area contributed by atoms with Gasteiger partial charge in [-0.1, -0.05) is 13.3 Å². The lowest BCUT2D eigenvalue weighted by Crippen LogP contribution is -2.55. The highest BCUT2D eigenvalue weighted by atomic mass is 32.2. The number of hydrogen-bond acceptors (Lipinski definition) is 5. The summed E-state index contributed by atoms with van der Waals surface area (Å²) in [6.45, 7) is 3.99. The number of hydrogen-bond donors (Lipinski definition) is 3. The maximum absolute atomic E-state index is 11.9. The van der Waals surface area contributed by atoms with Crippen molar-refractivity contribution in [3.8, 4) is 0 Å². The third-order valence-corrected chi connectivity index (χ3v) is 5.85. The molecule has 0 radical (unpaired) electrons. The zero-order valence-corrected chi connectivity index (χ0v) is 15.5. The van der Waals surface area contributed by atoms with Crippen LogP contribution in [-0.2, 0) is 23.2 Å². The van der Waals surface area contributed by atoms with Crippen LogP contribution in [0.2, 0.25) is 0 Å². The summed E-state index contributed by atoms with van der Waals surface area (Å²) in [5, 5.41) is 10.3. The van der Waals surface area contributed by atoms with E-state index in [2.05, 4.69) is 26.5 Å². The Morgan fingerprint density at radius 1 is 1.50 bits per heavy atom. The normalized spacial score (nSPS) is 23.0. The summed E-state index contributed by atoms with van der Waals surface area (Å²) in [6.07, 6.45) is 4.90. The minimum atomic E-state index is -3.52. The molecule has 3 N–H and O–H groups in total. The Morgan fingerprint density at radius 2 is 2.25 bits per heavy atom. The third kappa shape index (κ3) is 5.25. The van der Waals surface area contributed by atoms with Crippen LogP contribution in [0.1, 0.15) is 37.7 Å². The van der Waals surface area contributed by atoms with Gasteiger partial charge < -0.3 is 10.1 Å². The predicted molar refractivity (Wildman–Crippen MR) is 92.6 cm³/mol. The fraction of sp³-hybridized carbons (Fsp3) is 0.800. The van der Waals surface area contributed by atoms with Gasteiger partial charge in [-0.2, -0.15) is 17.4 Å². The van der Waals surface area contributed by atoms with Crippen LogP contribution in [0.15, 0.2) is 6.20 Å². The number of imidazole rings is 1. The number of β-amino-alcohol motifs (C(OH)–C–C–N with tert-alkyl or cyclic N) is 1. The van der Waals surface area contributed by atoms with Gasteiger partial charge in [-0.25, -0.2) is 4.98 Å². The standard InChI is InChI=1S/C15H29N5O3S/c1-4-5-6-15-16-9-12(17-15)10-20-8-7-13(14(21)11-20)18-24(22,23)19(2)3/h9,13-14,18,21H,4-8,10-11H2,1-3H3,(H,16,17)/t13-,14-/m1/s1. The summed E-state index contributed by atoms with van der Waals surface area (Å²) in [6, 6.07) is -0.449. The van der Waals surface area contributed by atoms with Crippen LogP contribution in [0.3, 0.4) is 0 Å². The molecule has 138 valence electrons. The van der Waals surface area contributed by atoms with E-state index < -0.39 is 22.4 Å². The molecule has 1 fully saturated rings. The highest BCUT2D eigenvalue weighted by molar-refractivity contribution is 7.87. The maximum Gasteiger partial charge on any atom is 0.279 e. The van der Waals surface area contributed by atoms with Crippen LogP contribution in [0.4, 0.5) is 0 Å². The first-order valence-corrected chi connectivity index (χ1v) is 9.88. The molecule has 1 aliphatic rings. The molecule has 9 heteroatoms. The Morgan fingerprint density at radius 3 is 2.88 bits per heavy atom. The van der Waals surface area contributed by atoms with Crippen molar-refractivity contribution < 1.29 is 13.5 Å². The smallest absolute Gasteiger partial charge is 0.279 e. The second kappa shape index (κ2) is 8.39. The molecule has 24 heavy (non-hydrogen) atoms. The lowest BCUT2D eigenvalue weighted by molar-refractivity contribution is 0.0437. The molecule has 0 bridgehead atoms. The molecule has 1 saturated heterocycles. The van der Waals surface area contributed by atoms with Crippen LogP contribution in [-0.4, -0.2) is 72.0 Å². The number of aliphatic hydroxyl groups is 1. The molecule has 8 nitrogen and oxygen atoms in total. The molecule has 0 aromatic carbocycles. The summed E-state index contributed by atoms with van der Waals surface area (Å²) in [5.41, 5.74) is 1.03. The zero-order chi connectivity index (χ0) is 17.7. The van der Waals surface area contributed by atoms with Crippen LogP contribution in [0.25, 0.3) is 0 Å². The van der Waals surface area contributed by atoms with Gasteiger partial charge in [-0.15, -0.1) is 0 Å². The highest BCUT2D eigenvalue weighted by Gasteiger charge is 2.31. The Hall–Kier alpha value is -1.00. The highest BCUT2D eigenvalue weighted by Crippen LogP contribution is 2.15. The monoisotopic (exact) mass is 359 g/mol. The van der Waals surface area contributed by atoms with Crippen LogP contribution >= 0.6 is 0 Å². The van der Waals surface area contributed by atoms with E-state index in [-0.39, 0.29) is 0 Å². The number of nitrogens with zero attached hydrogens (tertiary/aromatic N) is 3. The van der Waals surface area contributed by atoms with Crippen molar-refractivity contribution in [2.24, 2.45) is 0 Å². The number of aryl methyl sites for hydroxylation is 1. The number of rotatable bonds is 8. The van der Waals surface area contributed by atoms with Crippen molar-refractivity contribution in [1.82, 2.24) is 23.9 Å². The lowest BCUT2D eigenvalue weighted by Gasteiger charge is -2.36. The average molecular weight is 359 g/mol. The van der Waals surface area contributed by atoms with E-state index >= 15 is 0 Å². The van der Waals surface area contributed by atoms with Gasteiger partial charge in [-0.3, -0.25) is 4.90 Å². The molecule has 0 unspecified atom stereocenters. The summed E-state index contributed by atoms with van der Waals surface area (Å²) in [5.74, 6) is 1.00. The number of piperidine rings is 1. The number of nitrogens with one attached hydrogen (secondary N) is 2. The van der Waals surface area contributed by atoms with Crippen molar-refractivity contribution in [3.63, 3.8) is 0 Å². The number of H-pyrrole nitrogens is 1. The zero-order valence-electron chi connectivity index (χ0n) is 14.7. The molecule has 0 saturated carbocycles. The summed E-state index contributed by atoms with van der Waals surface area (Å²) in [4.78, 5) is 9.81. The Bertz CT molecular complexity index is 616. The van der Waals surface area contributed by atoms with Crippen molar-refractivity contribution in [3.05, 3.63) is 17.7 Å². The lowest BCUT2D eigenvalue weighted by atomic mass is 10.0. The Balaban J connectivity index is 1.85. The van der Waals surface area contributed by atoms with Crippen molar-refractivity contribution in [1.29, 1.82) is 0 Å². The van der Waals surface area contributed by atoms with Crippen LogP contribution < -0.4 is 4.72 Å². The number of likely N-dealkylation sites (tertiary alicyclic amines) is 1. The fourth-order valence-corrected chi connectivity index (χ4v) is 3.64. The first-order chi connectivity index (χ1) is 11.3. The average Bonchev–Trinajstić information content (AvgIpc) is 2.95. The van der Waals surface area contributed by atoms with E-state index in [4.69, 9.17) is 0 Å². The Kier molecular flexibility index (Phi) is 6.76. The van der Waals surface area contributed by atoms with E-state index in [0.29, 0.717) is 19.5 Å². The number of unbranched alkanes of at least 4 members (excludes halogenated alkanes) is 1. The van der Waals surface area contributed by atoms with E-state index in [1.54, 1.807) is 0 Å². The van der Waals surface area contributed by atoms with Crippen LogP contribution in [0, 0.1) is 0 Å². The van der Waals surface area contributed by atoms with Crippen molar-refractivity contribution in [2.75, 3.05) is 27.2 Å². The number of aromatic amines is 1. The summed E-state index contributed by atoms with van der Waals surface area (Å²) < 4.78 is 27.4. The van der Waals surface area contributed by atoms with Gasteiger partial charge >= 0.3 is 0 Å². The second-order valence-corrected chi connectivity index (χ2v) is 8.48. The SMILES string of the molecule is CCCCc1ncc(CN2CC[C@@H](NS(=O)(=O)N(C)C)[C@H](O)C2)[nH]1. The van der Waals surface area contributed by atoms with Gasteiger partial charge in [0.1, 0.15) is 5.82 Å². The largest absolute Gasteiger partial charge is 0.390 e. The molecule has 0 spiro atoms. The first-order valence-electron chi connectivity index (χ1n) is 8.44.